The van der Waals surface area contributed by atoms with Crippen molar-refractivity contribution in [1.82, 2.24) is 15.3 Å². The summed E-state index contributed by atoms with van der Waals surface area (Å²) in [6.45, 7) is 0.412. The molecule has 0 radical (unpaired) electrons. The van der Waals surface area contributed by atoms with E-state index in [0.29, 0.717) is 17.1 Å². The Bertz CT molecular complexity index is 1050. The molecule has 3 aromatic rings. The number of ketones is 1. The Labute approximate surface area is 179 Å². The number of aromatic nitrogens is 2. The molecule has 6 nitrogen and oxygen atoms in total. The number of carbonyl (C=O) groups excluding carboxylic acids is 2. The van der Waals surface area contributed by atoms with Crippen molar-refractivity contribution in [3.05, 3.63) is 83.4 Å². The van der Waals surface area contributed by atoms with E-state index < -0.39 is 5.41 Å². The third-order valence-corrected chi connectivity index (χ3v) is 5.61. The van der Waals surface area contributed by atoms with Gasteiger partial charge in [-0.1, -0.05) is 35.9 Å². The Hall–Kier alpha value is -3.25. The number of nitrogens with one attached hydrogen (secondary N) is 2. The summed E-state index contributed by atoms with van der Waals surface area (Å²) in [5, 5.41) is 6.89. The highest BCUT2D eigenvalue weighted by molar-refractivity contribution is 6.33. The minimum absolute atomic E-state index is 0.0778. The molecule has 1 saturated carbocycles. The van der Waals surface area contributed by atoms with Crippen LogP contribution in [0.3, 0.4) is 0 Å². The lowest BCUT2D eigenvalue weighted by molar-refractivity contribution is -0.126. The van der Waals surface area contributed by atoms with Gasteiger partial charge in [0.1, 0.15) is 6.33 Å². The quantitative estimate of drug-likeness (QED) is 0.522. The van der Waals surface area contributed by atoms with Gasteiger partial charge in [0.25, 0.3) is 0 Å². The van der Waals surface area contributed by atoms with E-state index in [4.69, 9.17) is 11.6 Å². The van der Waals surface area contributed by atoms with Crippen molar-refractivity contribution in [2.24, 2.45) is 5.41 Å². The van der Waals surface area contributed by atoms with Crippen LogP contribution in [0.4, 0.5) is 11.4 Å². The van der Waals surface area contributed by atoms with E-state index in [9.17, 15) is 9.59 Å². The second kappa shape index (κ2) is 8.63. The molecule has 2 N–H and O–H groups in total. The van der Waals surface area contributed by atoms with Gasteiger partial charge in [0.05, 0.1) is 21.7 Å². The standard InChI is InChI=1S/C23H21ClN4O2/c24-19-3-1-2-4-20(19)28-18-7-5-16(6-8-18)12-27-22(30)23(9-10-23)11-21(29)17-13-25-15-26-14-17/h1-8,13-15,28H,9-12H2,(H,27,30). The van der Waals surface area contributed by atoms with E-state index in [1.165, 1.54) is 18.7 Å². The van der Waals surface area contributed by atoms with Crippen LogP contribution in [-0.2, 0) is 11.3 Å². The van der Waals surface area contributed by atoms with Crippen molar-refractivity contribution in [3.8, 4) is 0 Å². The van der Waals surface area contributed by atoms with E-state index in [-0.39, 0.29) is 18.1 Å². The summed E-state index contributed by atoms with van der Waals surface area (Å²) >= 11 is 6.17. The lowest BCUT2D eigenvalue weighted by Gasteiger charge is -2.15. The van der Waals surface area contributed by atoms with E-state index in [1.54, 1.807) is 0 Å². The van der Waals surface area contributed by atoms with Crippen LogP contribution in [-0.4, -0.2) is 21.7 Å². The molecular weight excluding hydrogens is 400 g/mol. The Balaban J connectivity index is 1.31. The summed E-state index contributed by atoms with van der Waals surface area (Å²) in [6.07, 6.45) is 5.99. The van der Waals surface area contributed by atoms with Crippen LogP contribution in [0.1, 0.15) is 35.2 Å². The number of anilines is 2. The summed E-state index contributed by atoms with van der Waals surface area (Å²) < 4.78 is 0. The summed E-state index contributed by atoms with van der Waals surface area (Å²) in [5.41, 5.74) is 2.57. The first kappa shape index (κ1) is 20.0. The third-order valence-electron chi connectivity index (χ3n) is 5.28. The van der Waals surface area contributed by atoms with Crippen LogP contribution in [0.25, 0.3) is 0 Å². The van der Waals surface area contributed by atoms with Gasteiger partial charge in [-0.2, -0.15) is 0 Å². The van der Waals surface area contributed by atoms with Crippen molar-refractivity contribution in [2.75, 3.05) is 5.32 Å². The fourth-order valence-corrected chi connectivity index (χ4v) is 3.46. The van der Waals surface area contributed by atoms with Gasteiger partial charge < -0.3 is 10.6 Å². The maximum atomic E-state index is 12.7. The lowest BCUT2D eigenvalue weighted by atomic mass is 9.95. The Morgan fingerprint density at radius 3 is 2.37 bits per heavy atom. The lowest BCUT2D eigenvalue weighted by Crippen LogP contribution is -2.33. The van der Waals surface area contributed by atoms with E-state index in [2.05, 4.69) is 20.6 Å². The zero-order chi connectivity index (χ0) is 21.0. The Kier molecular flexibility index (Phi) is 5.77. The second-order valence-corrected chi connectivity index (χ2v) is 7.90. The highest BCUT2D eigenvalue weighted by atomic mass is 35.5. The fourth-order valence-electron chi connectivity index (χ4n) is 3.28. The first-order valence-corrected chi connectivity index (χ1v) is 10.1. The van der Waals surface area contributed by atoms with Gasteiger partial charge in [-0.15, -0.1) is 0 Å². The number of rotatable bonds is 8. The van der Waals surface area contributed by atoms with Gasteiger partial charge >= 0.3 is 0 Å². The summed E-state index contributed by atoms with van der Waals surface area (Å²) in [6, 6.07) is 15.3. The van der Waals surface area contributed by atoms with Crippen LogP contribution in [0.2, 0.25) is 5.02 Å². The molecule has 7 heteroatoms. The van der Waals surface area contributed by atoms with Crippen LogP contribution in [0.5, 0.6) is 0 Å². The molecule has 0 atom stereocenters. The van der Waals surface area contributed by atoms with Crippen molar-refractivity contribution < 1.29 is 9.59 Å². The molecule has 152 valence electrons. The predicted molar refractivity (Wildman–Crippen MR) is 116 cm³/mol. The van der Waals surface area contributed by atoms with Gasteiger partial charge in [0.2, 0.25) is 5.91 Å². The molecule has 1 aromatic heterocycles. The number of Topliss-reactive ketones (excluding diaryl/α,β-unsaturated/α-hetero) is 1. The molecule has 30 heavy (non-hydrogen) atoms. The zero-order valence-corrected chi connectivity index (χ0v) is 17.0. The molecule has 1 aliphatic rings. The van der Waals surface area contributed by atoms with Crippen molar-refractivity contribution in [2.45, 2.75) is 25.8 Å². The molecule has 1 heterocycles. The van der Waals surface area contributed by atoms with E-state index in [1.807, 2.05) is 48.5 Å². The number of benzene rings is 2. The summed E-state index contributed by atoms with van der Waals surface area (Å²) in [7, 11) is 0. The number of halogens is 1. The topological polar surface area (TPSA) is 84.0 Å². The van der Waals surface area contributed by atoms with Crippen molar-refractivity contribution >= 4 is 34.7 Å². The van der Waals surface area contributed by atoms with Gasteiger partial charge in [-0.25, -0.2) is 9.97 Å². The first-order valence-electron chi connectivity index (χ1n) is 9.73. The molecule has 2 aromatic carbocycles. The fraction of sp³-hybridized carbons (Fsp3) is 0.217. The van der Waals surface area contributed by atoms with Crippen LogP contribution in [0, 0.1) is 5.41 Å². The number of hydrogen-bond acceptors (Lipinski definition) is 5. The molecule has 1 amide bonds. The number of amides is 1. The maximum absolute atomic E-state index is 12.7. The molecule has 0 unspecified atom stereocenters. The molecule has 1 fully saturated rings. The van der Waals surface area contributed by atoms with Gasteiger partial charge in [-0.05, 0) is 42.7 Å². The minimum atomic E-state index is -0.599. The SMILES string of the molecule is O=C(CC1(C(=O)NCc2ccc(Nc3ccccc3Cl)cc2)CC1)c1cncnc1. The summed E-state index contributed by atoms with van der Waals surface area (Å²) in [5.74, 6) is -0.177. The minimum Gasteiger partial charge on any atom is -0.354 e. The molecule has 0 spiro atoms. The zero-order valence-electron chi connectivity index (χ0n) is 16.3. The predicted octanol–water partition coefficient (Wildman–Crippen LogP) is 4.54. The number of hydrogen-bond donors (Lipinski definition) is 2. The van der Waals surface area contributed by atoms with Crippen molar-refractivity contribution in [3.63, 3.8) is 0 Å². The normalized spacial score (nSPS) is 14.0. The van der Waals surface area contributed by atoms with Gasteiger partial charge in [-0.3, -0.25) is 9.59 Å². The Morgan fingerprint density at radius 1 is 1.00 bits per heavy atom. The number of nitrogens with zero attached hydrogens (tertiary/aromatic N) is 2. The molecule has 4 rings (SSSR count). The average Bonchev–Trinajstić information content (AvgIpc) is 3.56. The molecule has 0 saturated heterocycles. The van der Waals surface area contributed by atoms with Crippen LogP contribution in [0.15, 0.2) is 67.3 Å². The third kappa shape index (κ3) is 4.66. The highest BCUT2D eigenvalue weighted by Gasteiger charge is 2.50. The monoisotopic (exact) mass is 420 g/mol. The molecule has 1 aliphatic carbocycles. The first-order chi connectivity index (χ1) is 14.6. The van der Waals surface area contributed by atoms with Crippen LogP contribution < -0.4 is 10.6 Å². The second-order valence-electron chi connectivity index (χ2n) is 7.49. The van der Waals surface area contributed by atoms with Crippen LogP contribution >= 0.6 is 11.6 Å². The van der Waals surface area contributed by atoms with Gasteiger partial charge in [0, 0.05) is 31.0 Å². The average molecular weight is 421 g/mol. The smallest absolute Gasteiger partial charge is 0.226 e. The summed E-state index contributed by atoms with van der Waals surface area (Å²) in [4.78, 5) is 32.8. The van der Waals surface area contributed by atoms with E-state index >= 15 is 0 Å². The highest BCUT2D eigenvalue weighted by Crippen LogP contribution is 2.49. The molecular formula is C23H21ClN4O2. The largest absolute Gasteiger partial charge is 0.354 e. The van der Waals surface area contributed by atoms with Crippen molar-refractivity contribution in [1.29, 1.82) is 0 Å². The van der Waals surface area contributed by atoms with E-state index in [0.717, 1.165) is 29.8 Å². The molecule has 0 aliphatic heterocycles. The number of carbonyl (C=O) groups is 2. The maximum Gasteiger partial charge on any atom is 0.226 e. The molecule has 0 bridgehead atoms. The Morgan fingerprint density at radius 2 is 1.70 bits per heavy atom. The number of para-hydroxylation sites is 1. The van der Waals surface area contributed by atoms with Gasteiger partial charge in [0.15, 0.2) is 5.78 Å².